The zero-order valence-electron chi connectivity index (χ0n) is 14.6. The molecule has 2 aromatic rings. The van der Waals surface area contributed by atoms with Gasteiger partial charge in [0.15, 0.2) is 0 Å². The molecular formula is C19H20Cl2N2O2. The summed E-state index contributed by atoms with van der Waals surface area (Å²) < 4.78 is 0. The molecule has 0 radical (unpaired) electrons. The molecule has 2 amide bonds. The number of carbonyl (C=O) groups excluding carboxylic acids is 2. The lowest BCUT2D eigenvalue weighted by atomic mass is 10.1. The van der Waals surface area contributed by atoms with Crippen LogP contribution in [0.3, 0.4) is 0 Å². The number of nitrogens with zero attached hydrogens (tertiary/aromatic N) is 1. The van der Waals surface area contributed by atoms with Gasteiger partial charge in [0, 0.05) is 17.6 Å². The van der Waals surface area contributed by atoms with Crippen LogP contribution in [0.4, 0.5) is 11.4 Å². The number of hydrogen-bond donors (Lipinski definition) is 1. The monoisotopic (exact) mass is 378 g/mol. The molecule has 0 saturated heterocycles. The van der Waals surface area contributed by atoms with Crippen molar-refractivity contribution in [3.63, 3.8) is 0 Å². The minimum absolute atomic E-state index is 0.125. The Labute approximate surface area is 157 Å². The summed E-state index contributed by atoms with van der Waals surface area (Å²) >= 11 is 12.3. The van der Waals surface area contributed by atoms with E-state index in [9.17, 15) is 9.59 Å². The van der Waals surface area contributed by atoms with E-state index in [0.717, 1.165) is 16.7 Å². The molecule has 4 nitrogen and oxygen atoms in total. The number of nitrogens with one attached hydrogen (secondary N) is 1. The van der Waals surface area contributed by atoms with Crippen LogP contribution in [0.25, 0.3) is 0 Å². The number of hydrogen-bond acceptors (Lipinski definition) is 2. The number of benzene rings is 2. The molecule has 6 heteroatoms. The highest BCUT2D eigenvalue weighted by Gasteiger charge is 2.19. The van der Waals surface area contributed by atoms with Gasteiger partial charge in [-0.15, -0.1) is 0 Å². The normalized spacial score (nSPS) is 10.5. The van der Waals surface area contributed by atoms with E-state index in [0.29, 0.717) is 21.4 Å². The van der Waals surface area contributed by atoms with Crippen LogP contribution in [0.5, 0.6) is 0 Å². The Kier molecular flexibility index (Phi) is 6.09. The molecule has 2 aromatic carbocycles. The summed E-state index contributed by atoms with van der Waals surface area (Å²) in [6.45, 7) is 6.96. The number of aryl methyl sites for hydroxylation is 3. The van der Waals surface area contributed by atoms with E-state index in [2.05, 4.69) is 5.32 Å². The largest absolute Gasteiger partial charge is 0.323 e. The predicted molar refractivity (Wildman–Crippen MR) is 104 cm³/mol. The smallest absolute Gasteiger partial charge is 0.244 e. The number of amides is 2. The van der Waals surface area contributed by atoms with Crippen molar-refractivity contribution in [1.82, 2.24) is 0 Å². The van der Waals surface area contributed by atoms with E-state index in [-0.39, 0.29) is 18.4 Å². The van der Waals surface area contributed by atoms with Crippen LogP contribution >= 0.6 is 23.2 Å². The Hall–Kier alpha value is -2.04. The Balaban J connectivity index is 2.25. The molecule has 2 rings (SSSR count). The molecular weight excluding hydrogens is 359 g/mol. The van der Waals surface area contributed by atoms with Crippen LogP contribution < -0.4 is 10.2 Å². The number of halogens is 2. The molecule has 0 aliphatic heterocycles. The highest BCUT2D eigenvalue weighted by molar-refractivity contribution is 6.34. The molecule has 25 heavy (non-hydrogen) atoms. The van der Waals surface area contributed by atoms with Gasteiger partial charge in [-0.25, -0.2) is 0 Å². The molecule has 132 valence electrons. The maximum atomic E-state index is 12.5. The lowest BCUT2D eigenvalue weighted by Crippen LogP contribution is -2.37. The van der Waals surface area contributed by atoms with Crippen molar-refractivity contribution in [3.05, 3.63) is 57.1 Å². The average Bonchev–Trinajstić information content (AvgIpc) is 2.51. The lowest BCUT2D eigenvalue weighted by Gasteiger charge is -2.23. The SMILES string of the molecule is CC(=O)N(CC(=O)Nc1c(C)cc(C)cc1Cl)c1cc(Cl)ccc1C. The van der Waals surface area contributed by atoms with Crippen molar-refractivity contribution in [3.8, 4) is 0 Å². The van der Waals surface area contributed by atoms with Gasteiger partial charge in [0.1, 0.15) is 6.54 Å². The van der Waals surface area contributed by atoms with Gasteiger partial charge < -0.3 is 10.2 Å². The molecule has 0 aromatic heterocycles. The summed E-state index contributed by atoms with van der Waals surface area (Å²) in [5, 5.41) is 3.77. The second-order valence-corrected chi connectivity index (χ2v) is 6.87. The molecule has 1 N–H and O–H groups in total. The quantitative estimate of drug-likeness (QED) is 0.821. The van der Waals surface area contributed by atoms with Crippen molar-refractivity contribution >= 4 is 46.4 Å². The molecule has 0 atom stereocenters. The average molecular weight is 379 g/mol. The second-order valence-electron chi connectivity index (χ2n) is 6.02. The third-order valence-corrected chi connectivity index (χ3v) is 4.37. The maximum Gasteiger partial charge on any atom is 0.244 e. The third kappa shape index (κ3) is 4.74. The zero-order chi connectivity index (χ0) is 18.7. The van der Waals surface area contributed by atoms with Crippen LogP contribution in [0.2, 0.25) is 10.0 Å². The molecule has 0 aliphatic carbocycles. The fourth-order valence-electron chi connectivity index (χ4n) is 2.64. The summed E-state index contributed by atoms with van der Waals surface area (Å²) in [7, 11) is 0. The van der Waals surface area contributed by atoms with Crippen LogP contribution in [0, 0.1) is 20.8 Å². The van der Waals surface area contributed by atoms with Crippen molar-refractivity contribution < 1.29 is 9.59 Å². The van der Waals surface area contributed by atoms with Gasteiger partial charge in [0.25, 0.3) is 0 Å². The second kappa shape index (κ2) is 7.89. The fourth-order valence-corrected chi connectivity index (χ4v) is 3.17. The van der Waals surface area contributed by atoms with Crippen molar-refractivity contribution in [2.24, 2.45) is 0 Å². The number of anilines is 2. The van der Waals surface area contributed by atoms with Crippen LogP contribution in [0.15, 0.2) is 30.3 Å². The van der Waals surface area contributed by atoms with E-state index < -0.39 is 0 Å². The zero-order valence-corrected chi connectivity index (χ0v) is 16.1. The molecule has 0 saturated carbocycles. The summed E-state index contributed by atoms with van der Waals surface area (Å²) in [6.07, 6.45) is 0. The van der Waals surface area contributed by atoms with Crippen LogP contribution in [-0.2, 0) is 9.59 Å². The summed E-state index contributed by atoms with van der Waals surface area (Å²) in [6, 6.07) is 8.95. The van der Waals surface area contributed by atoms with Crippen molar-refractivity contribution in [2.75, 3.05) is 16.8 Å². The molecule has 0 bridgehead atoms. The highest BCUT2D eigenvalue weighted by atomic mass is 35.5. The van der Waals surface area contributed by atoms with Gasteiger partial charge in [-0.05, 0) is 55.7 Å². The first kappa shape index (κ1) is 19.3. The third-order valence-electron chi connectivity index (χ3n) is 3.84. The Morgan fingerprint density at radius 1 is 1.04 bits per heavy atom. The number of carbonyl (C=O) groups is 2. The molecule has 0 spiro atoms. The first-order chi connectivity index (χ1) is 11.7. The minimum Gasteiger partial charge on any atom is -0.323 e. The minimum atomic E-state index is -0.330. The summed E-state index contributed by atoms with van der Waals surface area (Å²) in [5.41, 5.74) is 3.91. The fraction of sp³-hybridized carbons (Fsp3) is 0.263. The van der Waals surface area contributed by atoms with E-state index in [4.69, 9.17) is 23.2 Å². The van der Waals surface area contributed by atoms with Crippen molar-refractivity contribution in [1.29, 1.82) is 0 Å². The van der Waals surface area contributed by atoms with Gasteiger partial charge in [0.2, 0.25) is 11.8 Å². The Morgan fingerprint density at radius 3 is 2.32 bits per heavy atom. The number of rotatable bonds is 4. The lowest BCUT2D eigenvalue weighted by molar-refractivity contribution is -0.120. The van der Waals surface area contributed by atoms with Crippen LogP contribution in [0.1, 0.15) is 23.6 Å². The molecule has 0 heterocycles. The van der Waals surface area contributed by atoms with Gasteiger partial charge in [-0.2, -0.15) is 0 Å². The van der Waals surface area contributed by atoms with E-state index >= 15 is 0 Å². The van der Waals surface area contributed by atoms with E-state index in [1.54, 1.807) is 18.2 Å². The molecule has 0 unspecified atom stereocenters. The van der Waals surface area contributed by atoms with Gasteiger partial charge in [-0.3, -0.25) is 9.59 Å². The van der Waals surface area contributed by atoms with Crippen LogP contribution in [-0.4, -0.2) is 18.4 Å². The Bertz CT molecular complexity index is 811. The first-order valence-electron chi connectivity index (χ1n) is 7.80. The highest BCUT2D eigenvalue weighted by Crippen LogP contribution is 2.28. The predicted octanol–water partition coefficient (Wildman–Crippen LogP) is 4.91. The molecule has 0 aliphatic rings. The van der Waals surface area contributed by atoms with Crippen molar-refractivity contribution in [2.45, 2.75) is 27.7 Å². The van der Waals surface area contributed by atoms with Gasteiger partial charge in [0.05, 0.1) is 10.7 Å². The maximum absolute atomic E-state index is 12.5. The van der Waals surface area contributed by atoms with Gasteiger partial charge >= 0.3 is 0 Å². The molecule has 0 fully saturated rings. The summed E-state index contributed by atoms with van der Waals surface area (Å²) in [4.78, 5) is 25.9. The topological polar surface area (TPSA) is 49.4 Å². The first-order valence-corrected chi connectivity index (χ1v) is 8.55. The van der Waals surface area contributed by atoms with E-state index in [1.807, 2.05) is 32.9 Å². The van der Waals surface area contributed by atoms with Gasteiger partial charge in [-0.1, -0.05) is 35.3 Å². The van der Waals surface area contributed by atoms with E-state index in [1.165, 1.54) is 11.8 Å². The summed E-state index contributed by atoms with van der Waals surface area (Å²) in [5.74, 6) is -0.573. The Morgan fingerprint density at radius 2 is 1.72 bits per heavy atom. The standard InChI is InChI=1S/C19H20Cl2N2O2/c1-11-7-13(3)19(16(21)8-11)22-18(25)10-23(14(4)24)17-9-15(20)6-5-12(17)2/h5-9H,10H2,1-4H3,(H,22,25).